The Balaban J connectivity index is 2.03. The predicted octanol–water partition coefficient (Wildman–Crippen LogP) is 8.59. The van der Waals surface area contributed by atoms with Gasteiger partial charge in [-0.2, -0.15) is 30.7 Å². The third kappa shape index (κ3) is 8.06. The van der Waals surface area contributed by atoms with Crippen molar-refractivity contribution >= 4 is 11.9 Å². The number of carbonyl (C=O) groups is 2. The molecule has 0 aliphatic rings. The molecule has 4 aromatic carbocycles. The molecule has 4 rings (SSSR count). The average molecular weight is 688 g/mol. The summed E-state index contributed by atoms with van der Waals surface area (Å²) in [5, 5.41) is 2.43. The number of esters is 1. The Morgan fingerprint density at radius 1 is 0.792 bits per heavy atom. The highest BCUT2D eigenvalue weighted by Gasteiger charge is 2.45. The Labute approximate surface area is 266 Å². The Hall–Kier alpha value is -5.08. The van der Waals surface area contributed by atoms with E-state index in [1.165, 1.54) is 31.2 Å². The van der Waals surface area contributed by atoms with Gasteiger partial charge in [-0.25, -0.2) is 13.2 Å². The summed E-state index contributed by atoms with van der Waals surface area (Å²) in [5.41, 5.74) is -5.29. The van der Waals surface area contributed by atoms with Crippen LogP contribution in [0.25, 0.3) is 0 Å². The molecule has 1 atom stereocenters. The molecule has 0 spiro atoms. The topological polar surface area (TPSA) is 64.6 Å². The number of carbonyl (C=O) groups excluding carboxylic acids is 2. The SMILES string of the molecule is CCC(=O)Oc1cc([C@@](Cc2ccccc2)(NC(=O)c2ccc(F)c(C(F)(F)F)c2)c2cc(F)cc(OC(F)(F)C(F)F)c2)ccc1F. The van der Waals surface area contributed by atoms with E-state index in [2.05, 4.69) is 10.1 Å². The molecular weight excluding hydrogens is 664 g/mol. The molecular formula is C33H23F10NO4. The van der Waals surface area contributed by atoms with Gasteiger partial charge in [0.2, 0.25) is 0 Å². The van der Waals surface area contributed by atoms with Crippen molar-refractivity contribution in [2.45, 2.75) is 44.0 Å². The van der Waals surface area contributed by atoms with Gasteiger partial charge in [0.25, 0.3) is 5.91 Å². The van der Waals surface area contributed by atoms with E-state index in [1.807, 2.05) is 0 Å². The van der Waals surface area contributed by atoms with E-state index in [4.69, 9.17) is 4.74 Å². The number of amides is 1. The summed E-state index contributed by atoms with van der Waals surface area (Å²) in [6.45, 7) is 1.39. The molecule has 0 aliphatic carbocycles. The van der Waals surface area contributed by atoms with Crippen LogP contribution in [0.1, 0.15) is 46.0 Å². The molecule has 0 unspecified atom stereocenters. The third-order valence-electron chi connectivity index (χ3n) is 6.98. The van der Waals surface area contributed by atoms with Crippen molar-refractivity contribution in [3.63, 3.8) is 0 Å². The Kier molecular flexibility index (Phi) is 10.4. The van der Waals surface area contributed by atoms with Crippen LogP contribution in [0.15, 0.2) is 84.9 Å². The van der Waals surface area contributed by atoms with Crippen LogP contribution in [0, 0.1) is 17.5 Å². The van der Waals surface area contributed by atoms with Crippen molar-refractivity contribution in [1.29, 1.82) is 0 Å². The molecule has 0 saturated carbocycles. The Morgan fingerprint density at radius 3 is 2.08 bits per heavy atom. The first-order valence-corrected chi connectivity index (χ1v) is 13.8. The number of hydrogen-bond acceptors (Lipinski definition) is 4. The van der Waals surface area contributed by atoms with Gasteiger partial charge < -0.3 is 14.8 Å². The lowest BCUT2D eigenvalue weighted by molar-refractivity contribution is -0.253. The lowest BCUT2D eigenvalue weighted by Crippen LogP contribution is -2.49. The third-order valence-corrected chi connectivity index (χ3v) is 6.98. The first kappa shape index (κ1) is 35.8. The zero-order chi connectivity index (χ0) is 35.4. The number of alkyl halides is 7. The van der Waals surface area contributed by atoms with E-state index in [0.29, 0.717) is 35.9 Å². The van der Waals surface area contributed by atoms with E-state index < -0.39 is 88.2 Å². The van der Waals surface area contributed by atoms with E-state index in [-0.39, 0.29) is 18.1 Å². The number of hydrogen-bond donors (Lipinski definition) is 1. The zero-order valence-electron chi connectivity index (χ0n) is 24.5. The Bertz CT molecular complexity index is 1800. The fourth-order valence-corrected chi connectivity index (χ4v) is 4.72. The molecule has 254 valence electrons. The van der Waals surface area contributed by atoms with Crippen molar-refractivity contribution < 1.29 is 63.0 Å². The van der Waals surface area contributed by atoms with Crippen LogP contribution in [-0.2, 0) is 22.9 Å². The van der Waals surface area contributed by atoms with Crippen molar-refractivity contribution in [2.24, 2.45) is 0 Å². The van der Waals surface area contributed by atoms with Gasteiger partial charge in [0, 0.05) is 24.5 Å². The van der Waals surface area contributed by atoms with Gasteiger partial charge in [0.05, 0.1) is 11.1 Å². The highest BCUT2D eigenvalue weighted by molar-refractivity contribution is 5.95. The lowest BCUT2D eigenvalue weighted by Gasteiger charge is -2.37. The van der Waals surface area contributed by atoms with Crippen LogP contribution in [0.2, 0.25) is 0 Å². The number of halogens is 10. The van der Waals surface area contributed by atoms with Gasteiger partial charge >= 0.3 is 24.7 Å². The quantitative estimate of drug-likeness (QED) is 0.0975. The van der Waals surface area contributed by atoms with Gasteiger partial charge in [0.15, 0.2) is 11.6 Å². The summed E-state index contributed by atoms with van der Waals surface area (Å²) in [7, 11) is 0. The molecule has 1 N–H and O–H groups in total. The fraction of sp³-hybridized carbons (Fsp3) is 0.212. The van der Waals surface area contributed by atoms with Gasteiger partial charge in [-0.3, -0.25) is 9.59 Å². The molecule has 0 heterocycles. The number of ether oxygens (including phenoxy) is 2. The van der Waals surface area contributed by atoms with Crippen molar-refractivity contribution in [1.82, 2.24) is 5.32 Å². The number of benzene rings is 4. The van der Waals surface area contributed by atoms with Crippen LogP contribution in [0.3, 0.4) is 0 Å². The summed E-state index contributed by atoms with van der Waals surface area (Å²) in [6.07, 6.45) is -15.4. The summed E-state index contributed by atoms with van der Waals surface area (Å²) >= 11 is 0. The van der Waals surface area contributed by atoms with Gasteiger partial charge in [0.1, 0.15) is 17.4 Å². The van der Waals surface area contributed by atoms with Crippen LogP contribution in [-0.4, -0.2) is 24.4 Å². The van der Waals surface area contributed by atoms with Gasteiger partial charge in [-0.15, -0.1) is 0 Å². The molecule has 0 bridgehead atoms. The molecule has 48 heavy (non-hydrogen) atoms. The highest BCUT2D eigenvalue weighted by atomic mass is 19.4. The highest BCUT2D eigenvalue weighted by Crippen LogP contribution is 2.40. The van der Waals surface area contributed by atoms with E-state index in [1.54, 1.807) is 6.07 Å². The summed E-state index contributed by atoms with van der Waals surface area (Å²) in [4.78, 5) is 25.8. The van der Waals surface area contributed by atoms with Crippen LogP contribution in [0.4, 0.5) is 43.9 Å². The minimum atomic E-state index is -5.23. The molecule has 4 aromatic rings. The number of rotatable bonds is 11. The van der Waals surface area contributed by atoms with Crippen molar-refractivity contribution in [2.75, 3.05) is 0 Å². The molecule has 0 fully saturated rings. The second-order valence-electron chi connectivity index (χ2n) is 10.3. The molecule has 15 heteroatoms. The molecule has 0 radical (unpaired) electrons. The second-order valence-corrected chi connectivity index (χ2v) is 10.3. The van der Waals surface area contributed by atoms with E-state index >= 15 is 4.39 Å². The van der Waals surface area contributed by atoms with Crippen LogP contribution < -0.4 is 14.8 Å². The largest absolute Gasteiger partial charge is 0.461 e. The lowest BCUT2D eigenvalue weighted by atomic mass is 9.77. The second kappa shape index (κ2) is 14.0. The maximum Gasteiger partial charge on any atom is 0.461 e. The molecule has 0 saturated heterocycles. The molecule has 5 nitrogen and oxygen atoms in total. The minimum absolute atomic E-state index is 0.195. The van der Waals surface area contributed by atoms with Crippen LogP contribution in [0.5, 0.6) is 11.5 Å². The summed E-state index contributed by atoms with van der Waals surface area (Å²) in [5.74, 6) is -8.26. The normalized spacial score (nSPS) is 13.2. The van der Waals surface area contributed by atoms with E-state index in [9.17, 15) is 49.1 Å². The molecule has 0 aromatic heterocycles. The fourth-order valence-electron chi connectivity index (χ4n) is 4.72. The maximum atomic E-state index is 15.1. The van der Waals surface area contributed by atoms with Crippen molar-refractivity contribution in [3.05, 3.63) is 130 Å². The monoisotopic (exact) mass is 687 g/mol. The van der Waals surface area contributed by atoms with Gasteiger partial charge in [-0.1, -0.05) is 43.3 Å². The smallest absolute Gasteiger partial charge is 0.428 e. The van der Waals surface area contributed by atoms with Crippen LogP contribution >= 0.6 is 0 Å². The Morgan fingerprint density at radius 2 is 1.46 bits per heavy atom. The first-order valence-electron chi connectivity index (χ1n) is 13.8. The summed E-state index contributed by atoms with van der Waals surface area (Å²) in [6, 6.07) is 13.3. The van der Waals surface area contributed by atoms with Gasteiger partial charge in [-0.05, 0) is 59.2 Å². The predicted molar refractivity (Wildman–Crippen MR) is 150 cm³/mol. The summed E-state index contributed by atoms with van der Waals surface area (Å²) < 4.78 is 148. The molecule has 1 amide bonds. The number of nitrogens with one attached hydrogen (secondary N) is 1. The van der Waals surface area contributed by atoms with Crippen molar-refractivity contribution in [3.8, 4) is 11.5 Å². The maximum absolute atomic E-state index is 15.1. The molecule has 0 aliphatic heterocycles. The minimum Gasteiger partial charge on any atom is -0.428 e. The standard InChI is InChI=1S/C33H23F10NO4/c1-2-28(45)47-27-15-20(9-11-26(27)36)31(17-18-6-4-3-5-7-18,21-13-22(34)16-23(14-21)48-33(42,43)30(37)38)44-29(46)19-8-10-25(35)24(12-19)32(39,40)41/h3-16,30H,2,17H2,1H3,(H,44,46)/t31-/m1/s1. The van der Waals surface area contributed by atoms with E-state index in [0.717, 1.165) is 18.2 Å². The zero-order valence-corrected chi connectivity index (χ0v) is 24.5. The average Bonchev–Trinajstić information content (AvgIpc) is 3.01. The first-order chi connectivity index (χ1) is 22.4.